The zero-order valence-corrected chi connectivity index (χ0v) is 11.8. The van der Waals surface area contributed by atoms with Crippen molar-refractivity contribution >= 4 is 0 Å². The standard InChI is InChI=1S/C16H25NO/c1-13(2)10-11-18-16(12-17-14(3)4)15-8-6-5-7-9-15/h5-9,14,16-17H,1,10-12H2,2-4H3. The first kappa shape index (κ1) is 14.9. The molecule has 18 heavy (non-hydrogen) atoms. The predicted octanol–water partition coefficient (Wildman–Crippen LogP) is 3.71. The normalized spacial score (nSPS) is 12.7. The van der Waals surface area contributed by atoms with E-state index in [0.717, 1.165) is 19.6 Å². The Morgan fingerprint density at radius 1 is 1.28 bits per heavy atom. The minimum absolute atomic E-state index is 0.118. The average Bonchev–Trinajstić information content (AvgIpc) is 2.34. The van der Waals surface area contributed by atoms with Gasteiger partial charge in [-0.25, -0.2) is 0 Å². The molecule has 0 aliphatic carbocycles. The molecule has 0 bridgehead atoms. The van der Waals surface area contributed by atoms with Crippen LogP contribution in [0.3, 0.4) is 0 Å². The molecule has 0 aliphatic rings. The van der Waals surface area contributed by atoms with E-state index in [1.54, 1.807) is 0 Å². The molecule has 1 unspecified atom stereocenters. The van der Waals surface area contributed by atoms with Crippen LogP contribution in [0.5, 0.6) is 0 Å². The van der Waals surface area contributed by atoms with Crippen molar-refractivity contribution in [3.63, 3.8) is 0 Å². The van der Waals surface area contributed by atoms with Crippen LogP contribution >= 0.6 is 0 Å². The summed E-state index contributed by atoms with van der Waals surface area (Å²) in [6.07, 6.45) is 1.04. The third kappa shape index (κ3) is 5.99. The lowest BCUT2D eigenvalue weighted by Crippen LogP contribution is -2.29. The van der Waals surface area contributed by atoms with Crippen molar-refractivity contribution in [2.24, 2.45) is 0 Å². The molecule has 1 aromatic carbocycles. The van der Waals surface area contributed by atoms with Crippen molar-refractivity contribution < 1.29 is 4.74 Å². The highest BCUT2D eigenvalue weighted by Crippen LogP contribution is 2.17. The van der Waals surface area contributed by atoms with E-state index < -0.39 is 0 Å². The monoisotopic (exact) mass is 247 g/mol. The summed E-state index contributed by atoms with van der Waals surface area (Å²) in [4.78, 5) is 0. The van der Waals surface area contributed by atoms with Gasteiger partial charge in [-0.2, -0.15) is 0 Å². The van der Waals surface area contributed by atoms with E-state index in [9.17, 15) is 0 Å². The van der Waals surface area contributed by atoms with Gasteiger partial charge in [0.15, 0.2) is 0 Å². The van der Waals surface area contributed by atoms with Gasteiger partial charge in [0.25, 0.3) is 0 Å². The summed E-state index contributed by atoms with van der Waals surface area (Å²) in [5.41, 5.74) is 2.39. The molecule has 1 rings (SSSR count). The van der Waals surface area contributed by atoms with E-state index in [1.165, 1.54) is 11.1 Å². The molecule has 0 saturated carbocycles. The van der Waals surface area contributed by atoms with Gasteiger partial charge in [0.2, 0.25) is 0 Å². The van der Waals surface area contributed by atoms with Crippen molar-refractivity contribution in [2.45, 2.75) is 39.3 Å². The predicted molar refractivity (Wildman–Crippen MR) is 77.7 cm³/mol. The number of hydrogen-bond donors (Lipinski definition) is 1. The van der Waals surface area contributed by atoms with Crippen LogP contribution in [-0.4, -0.2) is 19.2 Å². The highest BCUT2D eigenvalue weighted by Gasteiger charge is 2.11. The number of nitrogens with one attached hydrogen (secondary N) is 1. The van der Waals surface area contributed by atoms with Gasteiger partial charge < -0.3 is 10.1 Å². The van der Waals surface area contributed by atoms with Gasteiger partial charge in [-0.3, -0.25) is 0 Å². The lowest BCUT2D eigenvalue weighted by Gasteiger charge is -2.20. The fourth-order valence-electron chi connectivity index (χ4n) is 1.66. The molecule has 0 heterocycles. The molecule has 0 aromatic heterocycles. The summed E-state index contributed by atoms with van der Waals surface area (Å²) >= 11 is 0. The molecule has 0 saturated heterocycles. The van der Waals surface area contributed by atoms with E-state index in [-0.39, 0.29) is 6.10 Å². The number of benzene rings is 1. The SMILES string of the molecule is C=C(C)CCOC(CNC(C)C)c1ccccc1. The molecule has 0 amide bonds. The summed E-state index contributed by atoms with van der Waals surface area (Å²) in [5.74, 6) is 0. The van der Waals surface area contributed by atoms with Gasteiger partial charge in [-0.05, 0) is 18.9 Å². The second kappa shape index (κ2) is 8.06. The molecule has 0 aliphatic heterocycles. The zero-order valence-electron chi connectivity index (χ0n) is 11.8. The maximum absolute atomic E-state index is 5.97. The summed E-state index contributed by atoms with van der Waals surface area (Å²) in [6.45, 7) is 11.8. The van der Waals surface area contributed by atoms with E-state index >= 15 is 0 Å². The summed E-state index contributed by atoms with van der Waals surface area (Å²) < 4.78 is 5.97. The van der Waals surface area contributed by atoms with Crippen molar-refractivity contribution in [1.82, 2.24) is 5.32 Å². The summed E-state index contributed by atoms with van der Waals surface area (Å²) in [7, 11) is 0. The second-order valence-electron chi connectivity index (χ2n) is 5.04. The molecule has 2 nitrogen and oxygen atoms in total. The van der Waals surface area contributed by atoms with Crippen LogP contribution in [0.4, 0.5) is 0 Å². The van der Waals surface area contributed by atoms with Gasteiger partial charge in [0.05, 0.1) is 12.7 Å². The zero-order chi connectivity index (χ0) is 13.4. The smallest absolute Gasteiger partial charge is 0.0949 e. The minimum Gasteiger partial charge on any atom is -0.372 e. The van der Waals surface area contributed by atoms with Crippen molar-refractivity contribution in [3.05, 3.63) is 48.0 Å². The number of hydrogen-bond acceptors (Lipinski definition) is 2. The first-order valence-corrected chi connectivity index (χ1v) is 6.64. The Morgan fingerprint density at radius 2 is 1.94 bits per heavy atom. The highest BCUT2D eigenvalue weighted by molar-refractivity contribution is 5.18. The molecule has 1 atom stereocenters. The maximum atomic E-state index is 5.97. The summed E-state index contributed by atoms with van der Waals surface area (Å²) in [5, 5.41) is 3.43. The van der Waals surface area contributed by atoms with Gasteiger partial charge >= 0.3 is 0 Å². The largest absolute Gasteiger partial charge is 0.372 e. The molecule has 0 spiro atoms. The van der Waals surface area contributed by atoms with Crippen molar-refractivity contribution in [2.75, 3.05) is 13.2 Å². The molecule has 1 aromatic rings. The maximum Gasteiger partial charge on any atom is 0.0949 e. The van der Waals surface area contributed by atoms with Gasteiger partial charge in [0, 0.05) is 12.6 Å². The number of ether oxygens (including phenoxy) is 1. The van der Waals surface area contributed by atoms with Crippen LogP contribution in [0.15, 0.2) is 42.5 Å². The molecule has 2 heteroatoms. The Balaban J connectivity index is 2.55. The van der Waals surface area contributed by atoms with Gasteiger partial charge in [-0.15, -0.1) is 6.58 Å². The summed E-state index contributed by atoms with van der Waals surface area (Å²) in [6, 6.07) is 10.9. The minimum atomic E-state index is 0.118. The van der Waals surface area contributed by atoms with E-state index in [2.05, 4.69) is 50.0 Å². The van der Waals surface area contributed by atoms with Crippen LogP contribution in [0.25, 0.3) is 0 Å². The van der Waals surface area contributed by atoms with Crippen LogP contribution < -0.4 is 5.32 Å². The molecule has 0 radical (unpaired) electrons. The van der Waals surface area contributed by atoms with Gasteiger partial charge in [-0.1, -0.05) is 49.8 Å². The van der Waals surface area contributed by atoms with Crippen LogP contribution in [-0.2, 0) is 4.74 Å². The molecular weight excluding hydrogens is 222 g/mol. The van der Waals surface area contributed by atoms with Gasteiger partial charge in [0.1, 0.15) is 0 Å². The third-order valence-electron chi connectivity index (χ3n) is 2.73. The lowest BCUT2D eigenvalue weighted by atomic mass is 10.1. The molecule has 0 fully saturated rings. The fraction of sp³-hybridized carbons (Fsp3) is 0.500. The topological polar surface area (TPSA) is 21.3 Å². The van der Waals surface area contributed by atoms with Crippen molar-refractivity contribution in [3.8, 4) is 0 Å². The fourth-order valence-corrected chi connectivity index (χ4v) is 1.66. The first-order chi connectivity index (χ1) is 8.59. The molecule has 1 N–H and O–H groups in total. The molecular formula is C16H25NO. The Hall–Kier alpha value is -1.12. The number of rotatable bonds is 8. The Morgan fingerprint density at radius 3 is 2.50 bits per heavy atom. The average molecular weight is 247 g/mol. The van der Waals surface area contributed by atoms with E-state index in [4.69, 9.17) is 4.74 Å². The Bertz CT molecular complexity index is 345. The van der Waals surface area contributed by atoms with Crippen molar-refractivity contribution in [1.29, 1.82) is 0 Å². The Labute approximate surface area is 111 Å². The van der Waals surface area contributed by atoms with Crippen LogP contribution in [0.2, 0.25) is 0 Å². The second-order valence-corrected chi connectivity index (χ2v) is 5.04. The lowest BCUT2D eigenvalue weighted by molar-refractivity contribution is 0.0534. The Kier molecular flexibility index (Phi) is 6.69. The van der Waals surface area contributed by atoms with Crippen LogP contribution in [0.1, 0.15) is 38.9 Å². The quantitative estimate of drug-likeness (QED) is 0.707. The molecule has 100 valence electrons. The van der Waals surface area contributed by atoms with Crippen LogP contribution in [0, 0.1) is 0 Å². The first-order valence-electron chi connectivity index (χ1n) is 6.64. The third-order valence-corrected chi connectivity index (χ3v) is 2.73. The van der Waals surface area contributed by atoms with E-state index in [0.29, 0.717) is 6.04 Å². The highest BCUT2D eigenvalue weighted by atomic mass is 16.5. The van der Waals surface area contributed by atoms with E-state index in [1.807, 2.05) is 13.0 Å².